The number of alkyl carbamates (subject to hydrolysis) is 1. The number of rotatable bonds is 12. The van der Waals surface area contributed by atoms with Gasteiger partial charge >= 0.3 is 12.1 Å². The molecule has 0 saturated carbocycles. The van der Waals surface area contributed by atoms with E-state index in [0.717, 1.165) is 16.7 Å². The number of nitrogens with one attached hydrogen (secondary N) is 2. The Labute approximate surface area is 267 Å². The number of hydrogen-bond acceptors (Lipinski definition) is 7. The van der Waals surface area contributed by atoms with E-state index in [9.17, 15) is 24.3 Å². The summed E-state index contributed by atoms with van der Waals surface area (Å²) < 4.78 is 11.1. The molecule has 2 aromatic carbocycles. The van der Waals surface area contributed by atoms with Crippen LogP contribution in [0.4, 0.5) is 4.79 Å². The van der Waals surface area contributed by atoms with Crippen LogP contribution in [-0.2, 0) is 30.3 Å². The molecule has 3 amide bonds. The number of aliphatic hydroxyl groups excluding tert-OH is 1. The van der Waals surface area contributed by atoms with Gasteiger partial charge in [-0.3, -0.25) is 9.59 Å². The van der Waals surface area contributed by atoms with Gasteiger partial charge in [0.05, 0.1) is 6.61 Å². The summed E-state index contributed by atoms with van der Waals surface area (Å²) in [6.07, 6.45) is -0.622. The molecular formula is C35H51N3O7. The third-order valence-corrected chi connectivity index (χ3v) is 6.64. The number of carbonyl (C=O) groups excluding carboxylic acids is 4. The highest BCUT2D eigenvalue weighted by Gasteiger charge is 2.39. The zero-order chi connectivity index (χ0) is 34.1. The molecule has 2 rings (SSSR count). The van der Waals surface area contributed by atoms with Gasteiger partial charge in [0.15, 0.2) is 0 Å². The summed E-state index contributed by atoms with van der Waals surface area (Å²) in [5.74, 6) is -2.22. The monoisotopic (exact) mass is 625 g/mol. The number of amides is 3. The summed E-state index contributed by atoms with van der Waals surface area (Å²) in [6, 6.07) is 11.4. The number of aryl methyl sites for hydroxylation is 2. The van der Waals surface area contributed by atoms with E-state index in [4.69, 9.17) is 9.47 Å². The van der Waals surface area contributed by atoms with Gasteiger partial charge in [-0.25, -0.2) is 9.59 Å². The topological polar surface area (TPSA) is 134 Å². The van der Waals surface area contributed by atoms with Crippen LogP contribution >= 0.6 is 0 Å². The van der Waals surface area contributed by atoms with Crippen molar-refractivity contribution in [2.45, 2.75) is 105 Å². The van der Waals surface area contributed by atoms with E-state index in [1.807, 2.05) is 50.2 Å². The third kappa shape index (κ3) is 12.2. The van der Waals surface area contributed by atoms with Gasteiger partial charge in [0.2, 0.25) is 11.8 Å². The number of benzene rings is 2. The van der Waals surface area contributed by atoms with Crippen molar-refractivity contribution >= 4 is 23.9 Å². The van der Waals surface area contributed by atoms with Gasteiger partial charge in [0.25, 0.3) is 0 Å². The van der Waals surface area contributed by atoms with E-state index >= 15 is 0 Å². The first-order valence-electron chi connectivity index (χ1n) is 15.4. The predicted octanol–water partition coefficient (Wildman–Crippen LogP) is 4.78. The number of carbonyl (C=O) groups is 4. The van der Waals surface area contributed by atoms with Crippen LogP contribution in [0.1, 0.15) is 83.7 Å². The van der Waals surface area contributed by atoms with Crippen molar-refractivity contribution in [2.75, 3.05) is 13.2 Å². The van der Waals surface area contributed by atoms with E-state index in [-0.39, 0.29) is 18.9 Å². The Morgan fingerprint density at radius 2 is 1.40 bits per heavy atom. The fourth-order valence-corrected chi connectivity index (χ4v) is 4.91. The summed E-state index contributed by atoms with van der Waals surface area (Å²) in [6.45, 7) is 17.0. The number of nitrogens with zero attached hydrogens (tertiary/aromatic N) is 1. The van der Waals surface area contributed by atoms with Crippen LogP contribution < -0.4 is 10.6 Å². The molecule has 3 atom stereocenters. The second kappa shape index (κ2) is 15.9. The van der Waals surface area contributed by atoms with Gasteiger partial charge in [-0.1, -0.05) is 73.5 Å². The molecule has 0 aliphatic rings. The molecule has 0 aromatic heterocycles. The first-order valence-corrected chi connectivity index (χ1v) is 15.4. The van der Waals surface area contributed by atoms with Gasteiger partial charge in [-0.15, -0.1) is 0 Å². The molecular weight excluding hydrogens is 574 g/mol. The maximum absolute atomic E-state index is 14.4. The van der Waals surface area contributed by atoms with Crippen LogP contribution in [0.2, 0.25) is 0 Å². The second-order valence-electron chi connectivity index (χ2n) is 13.7. The fraction of sp³-hybridized carbons (Fsp3) is 0.543. The van der Waals surface area contributed by atoms with Crippen molar-refractivity contribution in [3.8, 4) is 0 Å². The molecule has 0 spiro atoms. The van der Waals surface area contributed by atoms with Crippen molar-refractivity contribution in [1.82, 2.24) is 15.5 Å². The molecule has 3 unspecified atom stereocenters. The minimum Gasteiger partial charge on any atom is -0.458 e. The van der Waals surface area contributed by atoms with Crippen molar-refractivity contribution in [3.05, 3.63) is 70.8 Å². The molecule has 0 aliphatic heterocycles. The third-order valence-electron chi connectivity index (χ3n) is 6.64. The number of aliphatic hydroxyl groups is 1. The maximum Gasteiger partial charge on any atom is 0.408 e. The molecule has 0 heterocycles. The lowest BCUT2D eigenvalue weighted by Gasteiger charge is -2.36. The van der Waals surface area contributed by atoms with Crippen molar-refractivity contribution in [2.24, 2.45) is 5.92 Å². The Balaban J connectivity index is 2.61. The van der Waals surface area contributed by atoms with Crippen molar-refractivity contribution < 1.29 is 33.8 Å². The maximum atomic E-state index is 14.4. The van der Waals surface area contributed by atoms with Crippen LogP contribution in [0.15, 0.2) is 48.5 Å². The van der Waals surface area contributed by atoms with Gasteiger partial charge < -0.3 is 30.1 Å². The Morgan fingerprint density at radius 3 is 1.89 bits per heavy atom. The summed E-state index contributed by atoms with van der Waals surface area (Å²) >= 11 is 0. The highest BCUT2D eigenvalue weighted by atomic mass is 16.6. The Morgan fingerprint density at radius 1 is 0.844 bits per heavy atom. The molecule has 0 radical (unpaired) electrons. The second-order valence-corrected chi connectivity index (χ2v) is 13.7. The minimum atomic E-state index is -1.24. The summed E-state index contributed by atoms with van der Waals surface area (Å²) in [4.78, 5) is 56.0. The summed E-state index contributed by atoms with van der Waals surface area (Å²) in [5.41, 5.74) is 1.42. The molecule has 45 heavy (non-hydrogen) atoms. The molecule has 10 heteroatoms. The van der Waals surface area contributed by atoms with Crippen LogP contribution in [0.25, 0.3) is 0 Å². The van der Waals surface area contributed by atoms with Gasteiger partial charge in [-0.2, -0.15) is 0 Å². The Bertz CT molecular complexity index is 1290. The van der Waals surface area contributed by atoms with Crippen molar-refractivity contribution in [1.29, 1.82) is 0 Å². The summed E-state index contributed by atoms with van der Waals surface area (Å²) in [5, 5.41) is 15.6. The lowest BCUT2D eigenvalue weighted by Crippen LogP contribution is -2.56. The smallest absolute Gasteiger partial charge is 0.408 e. The number of ether oxygens (including phenoxy) is 2. The fourth-order valence-electron chi connectivity index (χ4n) is 4.91. The van der Waals surface area contributed by atoms with E-state index in [1.54, 1.807) is 67.5 Å². The average molecular weight is 626 g/mol. The van der Waals surface area contributed by atoms with Crippen LogP contribution in [0.3, 0.4) is 0 Å². The molecule has 248 valence electrons. The van der Waals surface area contributed by atoms with Crippen molar-refractivity contribution in [3.63, 3.8) is 0 Å². The Hall–Kier alpha value is -3.92. The SMILES string of the molecule is Cc1cc(C)cc(C(C(=O)NC(Cc2ccccc2)C(=O)OC(C)(C)C)N(CCO)C(=O)C(NC(=O)OC(C)(C)C)C(C)C)c1. The molecule has 0 saturated heterocycles. The quantitative estimate of drug-likeness (QED) is 0.289. The zero-order valence-electron chi connectivity index (χ0n) is 28.4. The molecule has 0 bridgehead atoms. The zero-order valence-corrected chi connectivity index (χ0v) is 28.4. The molecule has 10 nitrogen and oxygen atoms in total. The highest BCUT2D eigenvalue weighted by molar-refractivity contribution is 5.94. The van der Waals surface area contributed by atoms with Gasteiger partial charge in [-0.05, 0) is 72.4 Å². The average Bonchev–Trinajstić information content (AvgIpc) is 2.88. The normalized spacial score (nSPS) is 13.8. The first kappa shape index (κ1) is 37.3. The van der Waals surface area contributed by atoms with E-state index in [0.29, 0.717) is 5.56 Å². The van der Waals surface area contributed by atoms with Gasteiger partial charge in [0.1, 0.15) is 29.3 Å². The predicted molar refractivity (Wildman–Crippen MR) is 173 cm³/mol. The molecule has 0 aliphatic carbocycles. The van der Waals surface area contributed by atoms with E-state index in [1.165, 1.54) is 4.90 Å². The number of hydrogen-bond donors (Lipinski definition) is 3. The van der Waals surface area contributed by atoms with E-state index in [2.05, 4.69) is 10.6 Å². The van der Waals surface area contributed by atoms with Crippen LogP contribution in [-0.4, -0.2) is 70.3 Å². The van der Waals surface area contributed by atoms with Crippen LogP contribution in [0.5, 0.6) is 0 Å². The highest BCUT2D eigenvalue weighted by Crippen LogP contribution is 2.26. The number of esters is 1. The Kier molecular flexibility index (Phi) is 13.2. The minimum absolute atomic E-state index is 0.157. The largest absolute Gasteiger partial charge is 0.458 e. The van der Waals surface area contributed by atoms with Gasteiger partial charge in [0, 0.05) is 13.0 Å². The standard InChI is InChI=1S/C35H51N3O7/c1-22(2)28(37-33(43)45-35(8,9)10)31(41)38(16-17-39)29(26-19-23(3)18-24(4)20-26)30(40)36-27(32(42)44-34(5,6)7)21-25-14-12-11-13-15-25/h11-15,18-20,22,27-29,39H,16-17,21H2,1-10H3,(H,36,40)(H,37,43). The molecule has 3 N–H and O–H groups in total. The lowest BCUT2D eigenvalue weighted by atomic mass is 9.96. The first-order chi connectivity index (χ1) is 20.8. The lowest BCUT2D eigenvalue weighted by molar-refractivity contribution is -0.159. The molecule has 2 aromatic rings. The summed E-state index contributed by atoms with van der Waals surface area (Å²) in [7, 11) is 0. The van der Waals surface area contributed by atoms with Crippen LogP contribution in [0, 0.1) is 19.8 Å². The van der Waals surface area contributed by atoms with E-state index < -0.39 is 59.8 Å². The molecule has 0 fully saturated rings.